The zero-order valence-corrected chi connectivity index (χ0v) is 16.2. The Balaban J connectivity index is 1.79. The third-order valence-corrected chi connectivity index (χ3v) is 5.15. The average Bonchev–Trinajstić information content (AvgIpc) is 3.08. The van der Waals surface area contributed by atoms with Gasteiger partial charge >= 0.3 is 0 Å². The Labute approximate surface area is 162 Å². The molecule has 0 unspecified atom stereocenters. The van der Waals surface area contributed by atoms with Crippen molar-refractivity contribution in [2.75, 3.05) is 12.4 Å². The van der Waals surface area contributed by atoms with E-state index >= 15 is 0 Å². The van der Waals surface area contributed by atoms with Crippen LogP contribution in [0.15, 0.2) is 48.5 Å². The summed E-state index contributed by atoms with van der Waals surface area (Å²) >= 11 is 1.19. The Morgan fingerprint density at radius 3 is 2.56 bits per heavy atom. The number of nitrogens with one attached hydrogen (secondary N) is 1. The number of Topliss-reactive ketones (excluding diaryl/α,β-unsaturated/α-hetero) is 1. The summed E-state index contributed by atoms with van der Waals surface area (Å²) in [7, 11) is 1.61. The first kappa shape index (κ1) is 18.8. The number of aromatic nitrogens is 1. The third kappa shape index (κ3) is 4.41. The van der Waals surface area contributed by atoms with Crippen LogP contribution in [0.3, 0.4) is 0 Å². The van der Waals surface area contributed by atoms with Gasteiger partial charge in [-0.3, -0.25) is 9.59 Å². The van der Waals surface area contributed by atoms with Crippen LogP contribution in [0.2, 0.25) is 0 Å². The molecule has 3 aromatic rings. The fraction of sp³-hybridized carbons (Fsp3) is 0.190. The highest BCUT2D eigenvalue weighted by atomic mass is 32.1. The monoisotopic (exact) mass is 380 g/mol. The molecule has 27 heavy (non-hydrogen) atoms. The van der Waals surface area contributed by atoms with E-state index in [4.69, 9.17) is 4.74 Å². The smallest absolute Gasteiger partial charge is 0.230 e. The van der Waals surface area contributed by atoms with Crippen molar-refractivity contribution in [1.82, 2.24) is 4.98 Å². The zero-order chi connectivity index (χ0) is 19.4. The van der Waals surface area contributed by atoms with Gasteiger partial charge in [0.2, 0.25) is 5.91 Å². The average molecular weight is 380 g/mol. The second kappa shape index (κ2) is 8.14. The predicted octanol–water partition coefficient (Wildman–Crippen LogP) is 4.51. The van der Waals surface area contributed by atoms with E-state index in [1.165, 1.54) is 18.3 Å². The molecule has 0 saturated heterocycles. The Hall–Kier alpha value is -2.99. The summed E-state index contributed by atoms with van der Waals surface area (Å²) in [5.41, 5.74) is 3.31. The number of hydrogen-bond acceptors (Lipinski definition) is 5. The van der Waals surface area contributed by atoms with E-state index in [9.17, 15) is 9.59 Å². The van der Waals surface area contributed by atoms with E-state index in [1.807, 2.05) is 55.5 Å². The highest BCUT2D eigenvalue weighted by Crippen LogP contribution is 2.31. The number of ketones is 1. The first-order valence-corrected chi connectivity index (χ1v) is 9.30. The molecule has 0 fully saturated rings. The largest absolute Gasteiger partial charge is 0.496 e. The molecule has 5 nitrogen and oxygen atoms in total. The van der Waals surface area contributed by atoms with Gasteiger partial charge in [0, 0.05) is 12.5 Å². The lowest BCUT2D eigenvalue weighted by atomic mass is 10.1. The number of anilines is 1. The van der Waals surface area contributed by atoms with E-state index < -0.39 is 0 Å². The molecule has 0 aliphatic carbocycles. The number of amides is 1. The van der Waals surface area contributed by atoms with Crippen molar-refractivity contribution in [3.05, 3.63) is 64.5 Å². The van der Waals surface area contributed by atoms with Crippen molar-refractivity contribution in [3.63, 3.8) is 0 Å². The van der Waals surface area contributed by atoms with Crippen molar-refractivity contribution in [2.45, 2.75) is 20.3 Å². The lowest BCUT2D eigenvalue weighted by Crippen LogP contribution is -2.14. The topological polar surface area (TPSA) is 68.3 Å². The van der Waals surface area contributed by atoms with Crippen LogP contribution in [0.1, 0.15) is 27.7 Å². The van der Waals surface area contributed by atoms with Gasteiger partial charge in [0.15, 0.2) is 10.9 Å². The second-order valence-electron chi connectivity index (χ2n) is 6.15. The van der Waals surface area contributed by atoms with Crippen LogP contribution >= 0.6 is 11.3 Å². The van der Waals surface area contributed by atoms with E-state index in [2.05, 4.69) is 10.3 Å². The molecule has 0 saturated carbocycles. The van der Waals surface area contributed by atoms with E-state index in [0.717, 1.165) is 22.4 Å². The van der Waals surface area contributed by atoms with E-state index in [-0.39, 0.29) is 18.1 Å². The summed E-state index contributed by atoms with van der Waals surface area (Å²) in [5, 5.41) is 3.22. The van der Waals surface area contributed by atoms with Crippen LogP contribution in [0.5, 0.6) is 5.75 Å². The molecule has 6 heteroatoms. The number of ether oxygens (including phenoxy) is 1. The Morgan fingerprint density at radius 2 is 1.89 bits per heavy atom. The summed E-state index contributed by atoms with van der Waals surface area (Å²) in [4.78, 5) is 29.4. The fourth-order valence-corrected chi connectivity index (χ4v) is 3.63. The van der Waals surface area contributed by atoms with Gasteiger partial charge in [-0.25, -0.2) is 4.98 Å². The highest BCUT2D eigenvalue weighted by molar-refractivity contribution is 7.18. The lowest BCUT2D eigenvalue weighted by Gasteiger charge is -2.07. The van der Waals surface area contributed by atoms with Gasteiger partial charge in [0.1, 0.15) is 5.75 Å². The Morgan fingerprint density at radius 1 is 1.15 bits per heavy atom. The number of carbonyl (C=O) groups excluding carboxylic acids is 2. The molecule has 2 aromatic carbocycles. The maximum atomic E-state index is 12.4. The molecule has 0 spiro atoms. The van der Waals surface area contributed by atoms with Crippen molar-refractivity contribution in [2.24, 2.45) is 0 Å². The van der Waals surface area contributed by atoms with E-state index in [0.29, 0.717) is 15.7 Å². The molecule has 0 radical (unpaired) electrons. The first-order valence-electron chi connectivity index (χ1n) is 8.48. The molecule has 0 aliphatic rings. The zero-order valence-electron chi connectivity index (χ0n) is 15.4. The number of aryl methyl sites for hydroxylation is 1. The van der Waals surface area contributed by atoms with Gasteiger partial charge in [-0.05, 0) is 24.1 Å². The third-order valence-electron chi connectivity index (χ3n) is 4.08. The molecule has 0 aliphatic heterocycles. The molecule has 3 rings (SSSR count). The summed E-state index contributed by atoms with van der Waals surface area (Å²) < 4.78 is 5.30. The standard InChI is InChI=1S/C21H20N2O3S/c1-13-9-10-15(11-17(13)26-3)12-18(25)22-21-23-19(20(27-21)14(2)24)16-7-5-4-6-8-16/h4-11H,12H2,1-3H3,(H,22,23,25). The number of benzene rings is 2. The molecular formula is C21H20N2O3S. The minimum absolute atomic E-state index is 0.0740. The van der Waals surface area contributed by atoms with E-state index in [1.54, 1.807) is 7.11 Å². The minimum Gasteiger partial charge on any atom is -0.496 e. The molecule has 0 atom stereocenters. The van der Waals surface area contributed by atoms with Gasteiger partial charge in [-0.15, -0.1) is 0 Å². The van der Waals surface area contributed by atoms with Gasteiger partial charge in [-0.2, -0.15) is 0 Å². The Kier molecular flexibility index (Phi) is 5.66. The number of methoxy groups -OCH3 is 1. The number of rotatable bonds is 6. The highest BCUT2D eigenvalue weighted by Gasteiger charge is 2.18. The van der Waals surface area contributed by atoms with Gasteiger partial charge in [-0.1, -0.05) is 53.8 Å². The number of carbonyl (C=O) groups is 2. The molecule has 0 bridgehead atoms. The summed E-state index contributed by atoms with van der Waals surface area (Å²) in [6.07, 6.45) is 0.201. The number of thiazole rings is 1. The van der Waals surface area contributed by atoms with Crippen LogP contribution < -0.4 is 10.1 Å². The first-order chi connectivity index (χ1) is 13.0. The second-order valence-corrected chi connectivity index (χ2v) is 7.15. The van der Waals surface area contributed by atoms with Crippen molar-refractivity contribution in [3.8, 4) is 17.0 Å². The van der Waals surface area contributed by atoms with Crippen LogP contribution in [-0.2, 0) is 11.2 Å². The number of nitrogens with zero attached hydrogens (tertiary/aromatic N) is 1. The van der Waals surface area contributed by atoms with Crippen LogP contribution in [0.25, 0.3) is 11.3 Å². The maximum Gasteiger partial charge on any atom is 0.230 e. The van der Waals surface area contributed by atoms with Crippen molar-refractivity contribution < 1.29 is 14.3 Å². The number of hydrogen-bond donors (Lipinski definition) is 1. The van der Waals surface area contributed by atoms with Crippen LogP contribution in [0, 0.1) is 6.92 Å². The molecule has 138 valence electrons. The Bertz CT molecular complexity index is 980. The van der Waals surface area contributed by atoms with Crippen LogP contribution in [-0.4, -0.2) is 23.8 Å². The molecule has 1 amide bonds. The summed E-state index contributed by atoms with van der Waals surface area (Å²) in [6.45, 7) is 3.46. The van der Waals surface area contributed by atoms with Crippen molar-refractivity contribution in [1.29, 1.82) is 0 Å². The molecule has 1 N–H and O–H groups in total. The predicted molar refractivity (Wildman–Crippen MR) is 108 cm³/mol. The van der Waals surface area contributed by atoms with Crippen LogP contribution in [0.4, 0.5) is 5.13 Å². The maximum absolute atomic E-state index is 12.4. The molecular weight excluding hydrogens is 360 g/mol. The van der Waals surface area contributed by atoms with Gasteiger partial charge in [0.05, 0.1) is 24.1 Å². The minimum atomic E-state index is -0.190. The van der Waals surface area contributed by atoms with Gasteiger partial charge in [0.25, 0.3) is 0 Å². The molecule has 1 heterocycles. The lowest BCUT2D eigenvalue weighted by molar-refractivity contribution is -0.115. The SMILES string of the molecule is COc1cc(CC(=O)Nc2nc(-c3ccccc3)c(C(C)=O)s2)ccc1C. The van der Waals surface area contributed by atoms with Crippen molar-refractivity contribution >= 4 is 28.2 Å². The molecule has 1 aromatic heterocycles. The summed E-state index contributed by atoms with van der Waals surface area (Å²) in [6, 6.07) is 15.2. The fourth-order valence-electron chi connectivity index (χ4n) is 2.73. The summed E-state index contributed by atoms with van der Waals surface area (Å²) in [5.74, 6) is 0.485. The quantitative estimate of drug-likeness (QED) is 0.639. The normalized spacial score (nSPS) is 10.5. The van der Waals surface area contributed by atoms with Gasteiger partial charge < -0.3 is 10.1 Å².